The Morgan fingerprint density at radius 3 is 2.42 bits per heavy atom. The quantitative estimate of drug-likeness (QED) is 0.868. The van der Waals surface area contributed by atoms with Crippen LogP contribution in [0.5, 0.6) is 0 Å². The Labute approximate surface area is 116 Å². The summed E-state index contributed by atoms with van der Waals surface area (Å²) in [5.74, 6) is 0. The zero-order valence-corrected chi connectivity index (χ0v) is 11.7. The Morgan fingerprint density at radius 1 is 1.16 bits per heavy atom. The maximum absolute atomic E-state index is 11.3. The van der Waals surface area contributed by atoms with Crippen molar-refractivity contribution in [3.63, 3.8) is 0 Å². The lowest BCUT2D eigenvalue weighted by Crippen LogP contribution is -1.96. The van der Waals surface area contributed by atoms with E-state index in [0.29, 0.717) is 10.7 Å². The molecule has 19 heavy (non-hydrogen) atoms. The summed E-state index contributed by atoms with van der Waals surface area (Å²) in [7, 11) is -3.17. The van der Waals surface area contributed by atoms with Crippen LogP contribution in [0.4, 0.5) is 0 Å². The van der Waals surface area contributed by atoms with E-state index in [9.17, 15) is 8.42 Å². The third-order valence-electron chi connectivity index (χ3n) is 2.31. The number of hydrogen-bond donors (Lipinski definition) is 0. The molecule has 0 atom stereocenters. The van der Waals surface area contributed by atoms with Crippen LogP contribution >= 0.6 is 11.8 Å². The van der Waals surface area contributed by atoms with Crippen molar-refractivity contribution in [1.82, 2.24) is 4.98 Å². The van der Waals surface area contributed by atoms with E-state index >= 15 is 0 Å². The van der Waals surface area contributed by atoms with Crippen molar-refractivity contribution >= 4 is 21.6 Å². The second kappa shape index (κ2) is 5.43. The van der Waals surface area contributed by atoms with Crippen LogP contribution in [-0.4, -0.2) is 19.7 Å². The molecule has 0 spiro atoms. The molecule has 1 heterocycles. The minimum absolute atomic E-state index is 0.288. The van der Waals surface area contributed by atoms with E-state index in [-0.39, 0.29) is 4.90 Å². The van der Waals surface area contributed by atoms with Crippen molar-refractivity contribution in [2.24, 2.45) is 0 Å². The highest BCUT2D eigenvalue weighted by molar-refractivity contribution is 7.99. The molecular formula is C13H10N2O2S2. The molecule has 0 fully saturated rings. The summed E-state index contributed by atoms with van der Waals surface area (Å²) in [6.45, 7) is 0. The van der Waals surface area contributed by atoms with Crippen LogP contribution in [0.3, 0.4) is 0 Å². The summed E-state index contributed by atoms with van der Waals surface area (Å²) in [5, 5.41) is 9.47. The highest BCUT2D eigenvalue weighted by Gasteiger charge is 2.07. The number of sulfone groups is 1. The van der Waals surface area contributed by atoms with Gasteiger partial charge < -0.3 is 0 Å². The van der Waals surface area contributed by atoms with Gasteiger partial charge in [-0.1, -0.05) is 17.8 Å². The van der Waals surface area contributed by atoms with Crippen molar-refractivity contribution in [3.8, 4) is 6.07 Å². The fourth-order valence-electron chi connectivity index (χ4n) is 1.41. The highest BCUT2D eigenvalue weighted by Crippen LogP contribution is 2.26. The van der Waals surface area contributed by atoms with Crippen LogP contribution in [0.25, 0.3) is 0 Å². The Morgan fingerprint density at radius 2 is 1.84 bits per heavy atom. The molecule has 0 saturated carbocycles. The SMILES string of the molecule is CS(=O)(=O)c1ccc(Sc2cccc(C#N)n2)cc1. The van der Waals surface area contributed by atoms with Gasteiger partial charge in [0.1, 0.15) is 16.8 Å². The summed E-state index contributed by atoms with van der Waals surface area (Å²) in [5.41, 5.74) is 0.359. The van der Waals surface area contributed by atoms with Crippen molar-refractivity contribution in [1.29, 1.82) is 5.26 Å². The Balaban J connectivity index is 2.22. The molecule has 1 aromatic heterocycles. The first-order valence-electron chi connectivity index (χ1n) is 5.34. The summed E-state index contributed by atoms with van der Waals surface area (Å²) in [6.07, 6.45) is 1.17. The maximum atomic E-state index is 11.3. The monoisotopic (exact) mass is 290 g/mol. The van der Waals surface area contributed by atoms with Gasteiger partial charge in [0.15, 0.2) is 9.84 Å². The number of nitrogens with zero attached hydrogens (tertiary/aromatic N) is 2. The van der Waals surface area contributed by atoms with Crippen LogP contribution in [0, 0.1) is 11.3 Å². The molecule has 0 saturated heterocycles. The fraction of sp³-hybridized carbons (Fsp3) is 0.0769. The molecule has 0 amide bonds. The van der Waals surface area contributed by atoms with Crippen LogP contribution in [0.2, 0.25) is 0 Å². The van der Waals surface area contributed by atoms with E-state index in [1.165, 1.54) is 18.0 Å². The van der Waals surface area contributed by atoms with Crippen molar-refractivity contribution in [3.05, 3.63) is 48.2 Å². The molecule has 0 N–H and O–H groups in total. The number of rotatable bonds is 3. The van der Waals surface area contributed by atoms with Gasteiger partial charge in [0.25, 0.3) is 0 Å². The number of pyridine rings is 1. The normalized spacial score (nSPS) is 10.9. The molecule has 2 aromatic rings. The number of aromatic nitrogens is 1. The number of nitriles is 1. The number of hydrogen-bond acceptors (Lipinski definition) is 5. The van der Waals surface area contributed by atoms with Gasteiger partial charge in [-0.15, -0.1) is 0 Å². The van der Waals surface area contributed by atoms with Gasteiger partial charge in [-0.25, -0.2) is 13.4 Å². The molecule has 0 aliphatic rings. The zero-order chi connectivity index (χ0) is 13.9. The largest absolute Gasteiger partial charge is 0.230 e. The van der Waals surface area contributed by atoms with Gasteiger partial charge in [-0.05, 0) is 36.4 Å². The van der Waals surface area contributed by atoms with E-state index in [1.807, 2.05) is 6.07 Å². The minimum atomic E-state index is -3.17. The number of benzene rings is 1. The molecule has 0 aliphatic heterocycles. The van der Waals surface area contributed by atoms with Crippen LogP contribution in [0.1, 0.15) is 5.69 Å². The summed E-state index contributed by atoms with van der Waals surface area (Å²) < 4.78 is 22.7. The molecule has 1 aromatic carbocycles. The molecule has 0 unspecified atom stereocenters. The minimum Gasteiger partial charge on any atom is -0.230 e. The van der Waals surface area contributed by atoms with Crippen LogP contribution in [-0.2, 0) is 9.84 Å². The molecule has 2 rings (SSSR count). The van der Waals surface area contributed by atoms with E-state index < -0.39 is 9.84 Å². The van der Waals surface area contributed by atoms with Gasteiger partial charge in [-0.2, -0.15) is 5.26 Å². The Hall–Kier alpha value is -1.84. The molecule has 6 heteroatoms. The molecule has 0 aliphatic carbocycles. The highest BCUT2D eigenvalue weighted by atomic mass is 32.2. The lowest BCUT2D eigenvalue weighted by molar-refractivity contribution is 0.602. The average Bonchev–Trinajstić information content (AvgIpc) is 2.38. The molecular weight excluding hydrogens is 280 g/mol. The third kappa shape index (κ3) is 3.56. The Bertz CT molecular complexity index is 732. The van der Waals surface area contributed by atoms with Gasteiger partial charge in [0, 0.05) is 11.2 Å². The van der Waals surface area contributed by atoms with Gasteiger partial charge in [0.2, 0.25) is 0 Å². The lowest BCUT2D eigenvalue weighted by Gasteiger charge is -2.02. The van der Waals surface area contributed by atoms with Crippen molar-refractivity contribution in [2.75, 3.05) is 6.26 Å². The van der Waals surface area contributed by atoms with E-state index in [1.54, 1.807) is 42.5 Å². The van der Waals surface area contributed by atoms with Gasteiger partial charge in [-0.3, -0.25) is 0 Å². The lowest BCUT2D eigenvalue weighted by atomic mass is 10.4. The summed E-state index contributed by atoms with van der Waals surface area (Å²) in [4.78, 5) is 5.30. The summed E-state index contributed by atoms with van der Waals surface area (Å²) >= 11 is 1.38. The van der Waals surface area contributed by atoms with Crippen LogP contribution in [0.15, 0.2) is 57.3 Å². The van der Waals surface area contributed by atoms with E-state index in [2.05, 4.69) is 4.98 Å². The van der Waals surface area contributed by atoms with E-state index in [0.717, 1.165) is 4.90 Å². The standard InChI is InChI=1S/C13H10N2O2S2/c1-19(16,17)12-7-5-11(6-8-12)18-13-4-2-3-10(9-14)15-13/h2-8H,1H3. The smallest absolute Gasteiger partial charge is 0.175 e. The molecule has 4 nitrogen and oxygen atoms in total. The topological polar surface area (TPSA) is 70.8 Å². The van der Waals surface area contributed by atoms with E-state index in [4.69, 9.17) is 5.26 Å². The molecule has 96 valence electrons. The molecule has 0 bridgehead atoms. The van der Waals surface area contributed by atoms with Crippen molar-refractivity contribution < 1.29 is 8.42 Å². The predicted octanol–water partition coefficient (Wildman–Crippen LogP) is 2.51. The second-order valence-electron chi connectivity index (χ2n) is 3.82. The predicted molar refractivity (Wildman–Crippen MR) is 72.6 cm³/mol. The first-order valence-corrected chi connectivity index (χ1v) is 8.05. The first kappa shape index (κ1) is 13.6. The Kier molecular flexibility index (Phi) is 3.88. The van der Waals surface area contributed by atoms with Gasteiger partial charge >= 0.3 is 0 Å². The second-order valence-corrected chi connectivity index (χ2v) is 6.93. The molecule has 0 radical (unpaired) electrons. The third-order valence-corrected chi connectivity index (χ3v) is 4.39. The fourth-order valence-corrected chi connectivity index (χ4v) is 2.84. The summed E-state index contributed by atoms with van der Waals surface area (Å²) in [6, 6.07) is 13.7. The maximum Gasteiger partial charge on any atom is 0.175 e. The van der Waals surface area contributed by atoms with Crippen LogP contribution < -0.4 is 0 Å². The zero-order valence-electron chi connectivity index (χ0n) is 10.1. The first-order chi connectivity index (χ1) is 8.99. The van der Waals surface area contributed by atoms with Crippen molar-refractivity contribution in [2.45, 2.75) is 14.8 Å². The van der Waals surface area contributed by atoms with Gasteiger partial charge in [0.05, 0.1) is 4.90 Å². The average molecular weight is 290 g/mol.